The lowest BCUT2D eigenvalue weighted by Crippen LogP contribution is -2.27. The Hall–Kier alpha value is -1.14. The molecular formula is C42H74O9. The Bertz CT molecular complexity index is 848. The summed E-state index contributed by atoms with van der Waals surface area (Å²) in [6.07, 6.45) is 23.3. The lowest BCUT2D eigenvalue weighted by atomic mass is 9.98. The Morgan fingerprint density at radius 2 is 1.08 bits per heavy atom. The molecule has 296 valence electrons. The van der Waals surface area contributed by atoms with Gasteiger partial charge in [0.15, 0.2) is 0 Å². The second-order valence-corrected chi connectivity index (χ2v) is 14.1. The van der Waals surface area contributed by atoms with Crippen molar-refractivity contribution in [2.24, 2.45) is 0 Å². The summed E-state index contributed by atoms with van der Waals surface area (Å²) in [6, 6.07) is 10.2. The van der Waals surface area contributed by atoms with Crippen molar-refractivity contribution in [3.63, 3.8) is 0 Å². The number of benzene rings is 1. The summed E-state index contributed by atoms with van der Waals surface area (Å²) < 4.78 is 52.6. The van der Waals surface area contributed by atoms with Crippen LogP contribution in [0.15, 0.2) is 30.3 Å². The quantitative estimate of drug-likeness (QED) is 0.0641. The van der Waals surface area contributed by atoms with Crippen LogP contribution in [0.2, 0.25) is 0 Å². The third-order valence-corrected chi connectivity index (χ3v) is 9.59. The molecule has 2 atom stereocenters. The molecule has 9 nitrogen and oxygen atoms in total. The molecule has 0 radical (unpaired) electrons. The predicted molar refractivity (Wildman–Crippen MR) is 203 cm³/mol. The van der Waals surface area contributed by atoms with Gasteiger partial charge in [-0.15, -0.1) is 0 Å². The summed E-state index contributed by atoms with van der Waals surface area (Å²) in [7, 11) is 0. The Balaban J connectivity index is 1.12. The second kappa shape index (κ2) is 33.4. The van der Waals surface area contributed by atoms with Crippen LogP contribution in [-0.4, -0.2) is 111 Å². The largest absolute Gasteiger partial charge is 0.379 e. The first-order valence-electron chi connectivity index (χ1n) is 20.8. The standard InChI is InChI=1S/C42H74O9/c1(2-10-20-41-23-13-17-27-50-41)3-15-26-51-42(37-46-24-14-4-5-16-25-49-40-21-11-7-12-22-40)38-48-35-33-45-31-29-43-28-30-44-32-34-47-36-39-18-8-6-9-19-39/h6,8-9,18-19,40-42H,1-5,7,10-17,20-38H2. The predicted octanol–water partition coefficient (Wildman–Crippen LogP) is 8.49. The molecule has 0 aromatic heterocycles. The molecule has 9 heteroatoms. The Morgan fingerprint density at radius 1 is 0.510 bits per heavy atom. The van der Waals surface area contributed by atoms with Crippen LogP contribution >= 0.6 is 0 Å². The molecule has 1 aromatic rings. The molecule has 0 bridgehead atoms. The topological polar surface area (TPSA) is 83.1 Å². The highest BCUT2D eigenvalue weighted by atomic mass is 16.6. The zero-order valence-electron chi connectivity index (χ0n) is 32.1. The van der Waals surface area contributed by atoms with Gasteiger partial charge in [0.1, 0.15) is 6.10 Å². The van der Waals surface area contributed by atoms with Crippen LogP contribution in [0.5, 0.6) is 0 Å². The summed E-state index contributed by atoms with van der Waals surface area (Å²) in [5, 5.41) is 0. The Kier molecular flexibility index (Phi) is 29.0. The van der Waals surface area contributed by atoms with Gasteiger partial charge in [-0.25, -0.2) is 0 Å². The van der Waals surface area contributed by atoms with Crippen LogP contribution < -0.4 is 0 Å². The molecule has 0 amide bonds. The number of hydrogen-bond donors (Lipinski definition) is 0. The molecule has 1 saturated heterocycles. The van der Waals surface area contributed by atoms with E-state index in [0.717, 1.165) is 45.7 Å². The van der Waals surface area contributed by atoms with Crippen molar-refractivity contribution in [3.8, 4) is 0 Å². The maximum atomic E-state index is 6.23. The first-order chi connectivity index (χ1) is 25.4. The van der Waals surface area contributed by atoms with Gasteiger partial charge in [-0.3, -0.25) is 0 Å². The van der Waals surface area contributed by atoms with E-state index in [4.69, 9.17) is 42.6 Å². The zero-order chi connectivity index (χ0) is 35.5. The minimum absolute atomic E-state index is 0.0515. The monoisotopic (exact) mass is 723 g/mol. The molecule has 51 heavy (non-hydrogen) atoms. The molecule has 1 saturated carbocycles. The van der Waals surface area contributed by atoms with Crippen LogP contribution in [-0.2, 0) is 49.2 Å². The van der Waals surface area contributed by atoms with Crippen molar-refractivity contribution >= 4 is 0 Å². The lowest BCUT2D eigenvalue weighted by Gasteiger charge is -2.22. The van der Waals surface area contributed by atoms with Gasteiger partial charge < -0.3 is 42.6 Å². The molecule has 2 aliphatic rings. The lowest BCUT2D eigenvalue weighted by molar-refractivity contribution is -0.0702. The molecular weight excluding hydrogens is 648 g/mol. The van der Waals surface area contributed by atoms with E-state index < -0.39 is 0 Å². The van der Waals surface area contributed by atoms with E-state index in [-0.39, 0.29) is 6.10 Å². The van der Waals surface area contributed by atoms with E-state index in [1.54, 1.807) is 0 Å². The highest BCUT2D eigenvalue weighted by Crippen LogP contribution is 2.21. The van der Waals surface area contributed by atoms with Gasteiger partial charge in [-0.1, -0.05) is 88.1 Å². The number of ether oxygens (including phenoxy) is 9. The Labute approximate surface area is 311 Å². The molecule has 2 unspecified atom stereocenters. The normalized spacial score (nSPS) is 17.6. The van der Waals surface area contributed by atoms with Crippen molar-refractivity contribution in [1.29, 1.82) is 0 Å². The highest BCUT2D eigenvalue weighted by molar-refractivity contribution is 5.13. The number of rotatable bonds is 35. The fourth-order valence-corrected chi connectivity index (χ4v) is 6.55. The number of unbranched alkanes of at least 4 members (excludes halogenated alkanes) is 7. The van der Waals surface area contributed by atoms with E-state index in [2.05, 4.69) is 12.1 Å². The van der Waals surface area contributed by atoms with Gasteiger partial charge in [-0.05, 0) is 63.4 Å². The van der Waals surface area contributed by atoms with Gasteiger partial charge in [-0.2, -0.15) is 0 Å². The van der Waals surface area contributed by atoms with Gasteiger partial charge in [0, 0.05) is 26.4 Å². The first-order valence-corrected chi connectivity index (χ1v) is 20.8. The van der Waals surface area contributed by atoms with E-state index >= 15 is 0 Å². The summed E-state index contributed by atoms with van der Waals surface area (Å²) in [6.45, 7) is 9.44. The minimum atomic E-state index is -0.0515. The van der Waals surface area contributed by atoms with Crippen LogP contribution in [0.3, 0.4) is 0 Å². The van der Waals surface area contributed by atoms with Crippen LogP contribution in [0, 0.1) is 0 Å². The van der Waals surface area contributed by atoms with Gasteiger partial charge in [0.2, 0.25) is 0 Å². The van der Waals surface area contributed by atoms with E-state index in [1.165, 1.54) is 102 Å². The summed E-state index contributed by atoms with van der Waals surface area (Å²) in [4.78, 5) is 0. The van der Waals surface area contributed by atoms with Gasteiger partial charge >= 0.3 is 0 Å². The van der Waals surface area contributed by atoms with E-state index in [0.29, 0.717) is 84.9 Å². The number of hydrogen-bond acceptors (Lipinski definition) is 9. The Morgan fingerprint density at radius 3 is 1.76 bits per heavy atom. The summed E-state index contributed by atoms with van der Waals surface area (Å²) in [5.41, 5.74) is 1.17. The SMILES string of the molecule is c1ccc(COCCOCCOCCOCCOCC(COCCCCCCOC2CCCCC2)OCCCCCCCC2CCCCO2)cc1. The van der Waals surface area contributed by atoms with Crippen LogP contribution in [0.4, 0.5) is 0 Å². The third-order valence-electron chi connectivity index (χ3n) is 9.59. The minimum Gasteiger partial charge on any atom is -0.379 e. The average molecular weight is 723 g/mol. The summed E-state index contributed by atoms with van der Waals surface area (Å²) in [5.74, 6) is 0. The third kappa shape index (κ3) is 26.3. The molecule has 1 aromatic carbocycles. The van der Waals surface area contributed by atoms with Crippen molar-refractivity contribution < 1.29 is 42.6 Å². The van der Waals surface area contributed by atoms with Crippen molar-refractivity contribution in [3.05, 3.63) is 35.9 Å². The molecule has 1 aliphatic heterocycles. The maximum absolute atomic E-state index is 6.23. The van der Waals surface area contributed by atoms with Crippen LogP contribution in [0.25, 0.3) is 0 Å². The molecule has 3 rings (SSSR count). The smallest absolute Gasteiger partial charge is 0.104 e. The molecule has 0 N–H and O–H groups in total. The fourth-order valence-electron chi connectivity index (χ4n) is 6.55. The van der Waals surface area contributed by atoms with Crippen molar-refractivity contribution in [2.45, 2.75) is 140 Å². The van der Waals surface area contributed by atoms with Crippen molar-refractivity contribution in [1.82, 2.24) is 0 Å². The van der Waals surface area contributed by atoms with Crippen LogP contribution in [0.1, 0.15) is 121 Å². The van der Waals surface area contributed by atoms with E-state index in [9.17, 15) is 0 Å². The second-order valence-electron chi connectivity index (χ2n) is 14.1. The average Bonchev–Trinajstić information content (AvgIpc) is 3.17. The first kappa shape index (κ1) is 44.3. The van der Waals surface area contributed by atoms with Crippen molar-refractivity contribution in [2.75, 3.05) is 92.5 Å². The molecule has 1 aliphatic carbocycles. The van der Waals surface area contributed by atoms with E-state index in [1.807, 2.05) is 18.2 Å². The van der Waals surface area contributed by atoms with Gasteiger partial charge in [0.25, 0.3) is 0 Å². The molecule has 1 heterocycles. The van der Waals surface area contributed by atoms with Gasteiger partial charge in [0.05, 0.1) is 84.9 Å². The maximum Gasteiger partial charge on any atom is 0.104 e. The zero-order valence-corrected chi connectivity index (χ0v) is 32.1. The fraction of sp³-hybridized carbons (Fsp3) is 0.857. The highest BCUT2D eigenvalue weighted by Gasteiger charge is 2.14. The molecule has 0 spiro atoms. The molecule has 2 fully saturated rings. The summed E-state index contributed by atoms with van der Waals surface area (Å²) >= 11 is 0.